The Kier molecular flexibility index (Phi) is 10.0. The zero-order valence-corrected chi connectivity index (χ0v) is 12.2. The summed E-state index contributed by atoms with van der Waals surface area (Å²) in [4.78, 5) is 11.7. The standard InChI is InChI=1S/C11H22N2O2S.ClH/c1-3-9(7-15-2)13-11(14)6-10-8-16-5-4-12-10;/h9-10,12H,3-8H2,1-2H3,(H,13,14);1H. The molecule has 1 rings (SSSR count). The third kappa shape index (κ3) is 7.13. The zero-order valence-electron chi connectivity index (χ0n) is 10.5. The van der Waals surface area contributed by atoms with E-state index in [9.17, 15) is 4.79 Å². The molecule has 1 amide bonds. The van der Waals surface area contributed by atoms with Crippen molar-refractivity contribution in [3.63, 3.8) is 0 Å². The molecule has 1 aliphatic heterocycles. The fourth-order valence-corrected chi connectivity index (χ4v) is 2.67. The lowest BCUT2D eigenvalue weighted by Gasteiger charge is -2.24. The molecule has 0 aromatic carbocycles. The maximum absolute atomic E-state index is 11.7. The van der Waals surface area contributed by atoms with Gasteiger partial charge < -0.3 is 15.4 Å². The fraction of sp³-hybridized carbons (Fsp3) is 0.909. The Hall–Kier alpha value is 0.0300. The fourth-order valence-electron chi connectivity index (χ4n) is 1.72. The van der Waals surface area contributed by atoms with Crippen molar-refractivity contribution in [3.05, 3.63) is 0 Å². The Bertz CT molecular complexity index is 205. The molecule has 0 radical (unpaired) electrons. The van der Waals surface area contributed by atoms with Crippen LogP contribution in [0.4, 0.5) is 0 Å². The normalized spacial score (nSPS) is 21.4. The number of ether oxygens (including phenoxy) is 1. The summed E-state index contributed by atoms with van der Waals surface area (Å²) < 4.78 is 5.05. The average Bonchev–Trinajstić information content (AvgIpc) is 2.29. The Morgan fingerprint density at radius 2 is 2.41 bits per heavy atom. The van der Waals surface area contributed by atoms with E-state index in [2.05, 4.69) is 17.6 Å². The Balaban J connectivity index is 0.00000256. The molecule has 0 aromatic rings. The molecule has 0 aromatic heterocycles. The van der Waals surface area contributed by atoms with E-state index in [0.717, 1.165) is 24.5 Å². The Morgan fingerprint density at radius 1 is 1.65 bits per heavy atom. The highest BCUT2D eigenvalue weighted by Crippen LogP contribution is 2.10. The minimum atomic E-state index is 0. The minimum Gasteiger partial charge on any atom is -0.383 e. The molecule has 1 heterocycles. The first-order chi connectivity index (χ1) is 7.76. The van der Waals surface area contributed by atoms with E-state index in [1.54, 1.807) is 7.11 Å². The van der Waals surface area contributed by atoms with E-state index in [1.807, 2.05) is 11.8 Å². The molecule has 2 N–H and O–H groups in total. The second kappa shape index (κ2) is 10.00. The second-order valence-electron chi connectivity index (χ2n) is 4.06. The van der Waals surface area contributed by atoms with Crippen molar-refractivity contribution in [2.75, 3.05) is 31.8 Å². The van der Waals surface area contributed by atoms with Gasteiger partial charge in [0.05, 0.1) is 12.6 Å². The maximum atomic E-state index is 11.7. The van der Waals surface area contributed by atoms with Crippen molar-refractivity contribution in [1.29, 1.82) is 0 Å². The number of hydrogen-bond donors (Lipinski definition) is 2. The van der Waals surface area contributed by atoms with Gasteiger partial charge in [0.15, 0.2) is 0 Å². The van der Waals surface area contributed by atoms with E-state index < -0.39 is 0 Å². The minimum absolute atomic E-state index is 0. The topological polar surface area (TPSA) is 50.4 Å². The molecule has 0 bridgehead atoms. The van der Waals surface area contributed by atoms with Gasteiger partial charge in [0.1, 0.15) is 0 Å². The van der Waals surface area contributed by atoms with Crippen molar-refractivity contribution < 1.29 is 9.53 Å². The van der Waals surface area contributed by atoms with Gasteiger partial charge in [0.2, 0.25) is 5.91 Å². The summed E-state index contributed by atoms with van der Waals surface area (Å²) in [5.41, 5.74) is 0. The van der Waals surface area contributed by atoms with Gasteiger partial charge in [-0.3, -0.25) is 4.79 Å². The van der Waals surface area contributed by atoms with Crippen molar-refractivity contribution in [2.24, 2.45) is 0 Å². The molecule has 2 atom stereocenters. The number of thioether (sulfide) groups is 1. The lowest BCUT2D eigenvalue weighted by atomic mass is 10.2. The van der Waals surface area contributed by atoms with Crippen molar-refractivity contribution >= 4 is 30.1 Å². The zero-order chi connectivity index (χ0) is 11.8. The molecule has 102 valence electrons. The summed E-state index contributed by atoms with van der Waals surface area (Å²) in [6.07, 6.45) is 1.49. The first kappa shape index (κ1) is 17.0. The molecule has 0 spiro atoms. The van der Waals surface area contributed by atoms with Crippen LogP contribution in [-0.2, 0) is 9.53 Å². The van der Waals surface area contributed by atoms with Crippen LogP contribution in [0.2, 0.25) is 0 Å². The number of amides is 1. The lowest BCUT2D eigenvalue weighted by Crippen LogP contribution is -2.44. The molecule has 17 heavy (non-hydrogen) atoms. The number of carbonyl (C=O) groups is 1. The van der Waals surface area contributed by atoms with E-state index in [1.165, 1.54) is 0 Å². The highest BCUT2D eigenvalue weighted by molar-refractivity contribution is 7.99. The van der Waals surface area contributed by atoms with Crippen LogP contribution in [0, 0.1) is 0 Å². The van der Waals surface area contributed by atoms with Crippen LogP contribution in [0.25, 0.3) is 0 Å². The third-order valence-electron chi connectivity index (χ3n) is 2.66. The van der Waals surface area contributed by atoms with Gasteiger partial charge in [0, 0.05) is 37.6 Å². The van der Waals surface area contributed by atoms with Crippen molar-refractivity contribution in [3.8, 4) is 0 Å². The number of methoxy groups -OCH3 is 1. The van der Waals surface area contributed by atoms with Gasteiger partial charge in [-0.05, 0) is 6.42 Å². The largest absolute Gasteiger partial charge is 0.383 e. The number of halogens is 1. The van der Waals surface area contributed by atoms with Gasteiger partial charge in [-0.1, -0.05) is 6.92 Å². The first-order valence-electron chi connectivity index (χ1n) is 5.85. The number of hydrogen-bond acceptors (Lipinski definition) is 4. The molecule has 4 nitrogen and oxygen atoms in total. The molecule has 0 saturated carbocycles. The van der Waals surface area contributed by atoms with Crippen LogP contribution in [0.5, 0.6) is 0 Å². The summed E-state index contributed by atoms with van der Waals surface area (Å²) in [6, 6.07) is 0.479. The van der Waals surface area contributed by atoms with E-state index in [-0.39, 0.29) is 24.4 Å². The lowest BCUT2D eigenvalue weighted by molar-refractivity contribution is -0.122. The average molecular weight is 283 g/mol. The van der Waals surface area contributed by atoms with E-state index in [4.69, 9.17) is 4.74 Å². The molecule has 1 saturated heterocycles. The van der Waals surface area contributed by atoms with Crippen molar-refractivity contribution in [1.82, 2.24) is 10.6 Å². The quantitative estimate of drug-likeness (QED) is 0.764. The number of rotatable bonds is 6. The summed E-state index contributed by atoms with van der Waals surface area (Å²) in [6.45, 7) is 3.66. The molecule has 2 unspecified atom stereocenters. The van der Waals surface area contributed by atoms with Crippen LogP contribution in [0.15, 0.2) is 0 Å². The van der Waals surface area contributed by atoms with Crippen LogP contribution in [0.3, 0.4) is 0 Å². The van der Waals surface area contributed by atoms with Crippen LogP contribution < -0.4 is 10.6 Å². The van der Waals surface area contributed by atoms with Gasteiger partial charge in [-0.15, -0.1) is 12.4 Å². The highest BCUT2D eigenvalue weighted by Gasteiger charge is 2.18. The Morgan fingerprint density at radius 3 is 2.94 bits per heavy atom. The van der Waals surface area contributed by atoms with Gasteiger partial charge >= 0.3 is 0 Å². The molecular weight excluding hydrogens is 260 g/mol. The first-order valence-corrected chi connectivity index (χ1v) is 7.01. The second-order valence-corrected chi connectivity index (χ2v) is 5.21. The highest BCUT2D eigenvalue weighted by atomic mass is 35.5. The van der Waals surface area contributed by atoms with Crippen molar-refractivity contribution in [2.45, 2.75) is 31.8 Å². The maximum Gasteiger partial charge on any atom is 0.221 e. The Labute approximate surface area is 114 Å². The summed E-state index contributed by atoms with van der Waals surface area (Å²) in [5, 5.41) is 6.36. The van der Waals surface area contributed by atoms with E-state index in [0.29, 0.717) is 19.1 Å². The SMILES string of the molecule is CCC(COC)NC(=O)CC1CSCCN1.Cl. The predicted octanol–water partition coefficient (Wildman–Crippen LogP) is 1.04. The summed E-state index contributed by atoms with van der Waals surface area (Å²) in [7, 11) is 1.66. The molecule has 6 heteroatoms. The molecule has 1 fully saturated rings. The monoisotopic (exact) mass is 282 g/mol. The van der Waals surface area contributed by atoms with Gasteiger partial charge in [-0.25, -0.2) is 0 Å². The third-order valence-corrected chi connectivity index (χ3v) is 3.79. The van der Waals surface area contributed by atoms with E-state index >= 15 is 0 Å². The van der Waals surface area contributed by atoms with Crippen LogP contribution in [-0.4, -0.2) is 49.8 Å². The predicted molar refractivity (Wildman–Crippen MR) is 75.1 cm³/mol. The van der Waals surface area contributed by atoms with Crippen LogP contribution in [0.1, 0.15) is 19.8 Å². The van der Waals surface area contributed by atoms with Gasteiger partial charge in [-0.2, -0.15) is 11.8 Å². The number of nitrogens with one attached hydrogen (secondary N) is 2. The molecule has 0 aliphatic carbocycles. The summed E-state index contributed by atoms with van der Waals surface area (Å²) >= 11 is 1.91. The number of carbonyl (C=O) groups excluding carboxylic acids is 1. The molecule has 1 aliphatic rings. The summed E-state index contributed by atoms with van der Waals surface area (Å²) in [5.74, 6) is 2.32. The van der Waals surface area contributed by atoms with Crippen LogP contribution >= 0.6 is 24.2 Å². The van der Waals surface area contributed by atoms with Gasteiger partial charge in [0.25, 0.3) is 0 Å². The smallest absolute Gasteiger partial charge is 0.221 e. The molecular formula is C11H23ClN2O2S.